The van der Waals surface area contributed by atoms with E-state index in [4.69, 9.17) is 4.74 Å². The predicted octanol–water partition coefficient (Wildman–Crippen LogP) is 2.87. The number of aromatic carboxylic acids is 1. The van der Waals surface area contributed by atoms with Gasteiger partial charge in [-0.3, -0.25) is 9.69 Å². The molecule has 35 heavy (non-hydrogen) atoms. The highest BCUT2D eigenvalue weighted by molar-refractivity contribution is 6.01. The number of benzene rings is 2. The second-order valence-electron chi connectivity index (χ2n) is 8.32. The van der Waals surface area contributed by atoms with E-state index in [-0.39, 0.29) is 10.9 Å². The van der Waals surface area contributed by atoms with Crippen molar-refractivity contribution in [3.63, 3.8) is 0 Å². The number of nitrogens with zero attached hydrogens (tertiary/aromatic N) is 4. The van der Waals surface area contributed by atoms with E-state index in [0.717, 1.165) is 11.6 Å². The van der Waals surface area contributed by atoms with Crippen LogP contribution in [0, 0.1) is 5.82 Å². The lowest BCUT2D eigenvalue weighted by atomic mass is 10.1. The summed E-state index contributed by atoms with van der Waals surface area (Å²) in [5, 5.41) is 22.4. The number of aryl methyl sites for hydroxylation is 1. The highest BCUT2D eigenvalue weighted by atomic mass is 19.1. The molecule has 0 radical (unpaired) electrons. The molecule has 1 fully saturated rings. The van der Waals surface area contributed by atoms with Gasteiger partial charge in [0, 0.05) is 56.4 Å². The fourth-order valence-corrected chi connectivity index (χ4v) is 4.38. The number of ether oxygens (including phenoxy) is 1. The predicted molar refractivity (Wildman–Crippen MR) is 131 cm³/mol. The lowest BCUT2D eigenvalue weighted by molar-refractivity contribution is 0.0695. The van der Waals surface area contributed by atoms with Crippen molar-refractivity contribution in [2.75, 3.05) is 44.7 Å². The molecule has 9 nitrogen and oxygen atoms in total. The molecule has 0 aliphatic carbocycles. The van der Waals surface area contributed by atoms with Crippen LogP contribution in [0.5, 0.6) is 5.75 Å². The molecule has 4 rings (SSSR count). The van der Waals surface area contributed by atoms with Crippen molar-refractivity contribution in [1.29, 1.82) is 0 Å². The van der Waals surface area contributed by atoms with E-state index < -0.39 is 17.2 Å². The molecule has 0 atom stereocenters. The van der Waals surface area contributed by atoms with E-state index in [0.29, 0.717) is 61.9 Å². The number of oxime groups is 1. The van der Waals surface area contributed by atoms with Gasteiger partial charge in [-0.25, -0.2) is 9.18 Å². The summed E-state index contributed by atoms with van der Waals surface area (Å²) < 4.78 is 21.9. The Morgan fingerprint density at radius 3 is 2.40 bits per heavy atom. The van der Waals surface area contributed by atoms with Gasteiger partial charge in [-0.15, -0.1) is 0 Å². The summed E-state index contributed by atoms with van der Waals surface area (Å²) in [6.45, 7) is 5.01. The number of fused-ring (bicyclic) bond motifs is 1. The zero-order valence-corrected chi connectivity index (χ0v) is 19.6. The number of carbonyl (C=O) groups is 1. The van der Waals surface area contributed by atoms with Gasteiger partial charge in [0.25, 0.3) is 0 Å². The first-order valence-electron chi connectivity index (χ1n) is 11.3. The monoisotopic (exact) mass is 482 g/mol. The second kappa shape index (κ2) is 10.1. The third kappa shape index (κ3) is 4.83. The van der Waals surface area contributed by atoms with E-state index in [1.165, 1.54) is 6.20 Å². The van der Waals surface area contributed by atoms with Gasteiger partial charge in [-0.05, 0) is 43.3 Å². The molecule has 2 N–H and O–H groups in total. The Morgan fingerprint density at radius 2 is 1.83 bits per heavy atom. The zero-order valence-electron chi connectivity index (χ0n) is 19.6. The van der Waals surface area contributed by atoms with Crippen molar-refractivity contribution in [2.24, 2.45) is 5.16 Å². The van der Waals surface area contributed by atoms with Crippen LogP contribution in [0.25, 0.3) is 10.9 Å². The number of hydrogen-bond acceptors (Lipinski definition) is 7. The Bertz CT molecular complexity index is 1330. The third-order valence-electron chi connectivity index (χ3n) is 6.35. The normalized spacial score (nSPS) is 14.9. The number of rotatable bonds is 7. The zero-order chi connectivity index (χ0) is 25.1. The molecule has 2 aromatic carbocycles. The quantitative estimate of drug-likeness (QED) is 0.303. The lowest BCUT2D eigenvalue weighted by Crippen LogP contribution is -2.48. The number of hydrogen-bond donors (Lipinski definition) is 2. The first-order chi connectivity index (χ1) is 16.9. The number of piperazine rings is 1. The minimum absolute atomic E-state index is 0.0509. The van der Waals surface area contributed by atoms with Crippen molar-refractivity contribution < 1.29 is 24.2 Å². The van der Waals surface area contributed by atoms with Gasteiger partial charge in [0.05, 0.1) is 18.3 Å². The summed E-state index contributed by atoms with van der Waals surface area (Å²) in [5.74, 6) is -1.19. The van der Waals surface area contributed by atoms with Crippen molar-refractivity contribution in [2.45, 2.75) is 13.5 Å². The summed E-state index contributed by atoms with van der Waals surface area (Å²) in [7, 11) is 1.59. The maximum Gasteiger partial charge on any atom is 0.341 e. The van der Waals surface area contributed by atoms with Crippen molar-refractivity contribution >= 4 is 28.3 Å². The molecule has 0 amide bonds. The van der Waals surface area contributed by atoms with Gasteiger partial charge in [-0.2, -0.15) is 0 Å². The molecule has 10 heteroatoms. The van der Waals surface area contributed by atoms with Gasteiger partial charge >= 0.3 is 5.97 Å². The van der Waals surface area contributed by atoms with Crippen LogP contribution < -0.4 is 15.1 Å². The van der Waals surface area contributed by atoms with Crippen LogP contribution in [0.2, 0.25) is 0 Å². The first-order valence-corrected chi connectivity index (χ1v) is 11.3. The first kappa shape index (κ1) is 24.2. The minimum Gasteiger partial charge on any atom is -0.497 e. The van der Waals surface area contributed by atoms with Gasteiger partial charge in [0.1, 0.15) is 22.8 Å². The Labute approximate surface area is 201 Å². The molecule has 0 saturated carbocycles. The van der Waals surface area contributed by atoms with E-state index in [9.17, 15) is 19.9 Å². The van der Waals surface area contributed by atoms with E-state index in [2.05, 4.69) is 10.1 Å². The largest absolute Gasteiger partial charge is 0.497 e. The summed E-state index contributed by atoms with van der Waals surface area (Å²) >= 11 is 0. The Hall–Kier alpha value is -3.92. The Balaban J connectivity index is 1.52. The van der Waals surface area contributed by atoms with Crippen LogP contribution in [0.3, 0.4) is 0 Å². The molecule has 1 saturated heterocycles. The molecule has 3 aromatic rings. The maximum atomic E-state index is 15.1. The molecular formula is C25H27FN4O5. The van der Waals surface area contributed by atoms with Gasteiger partial charge in [0.2, 0.25) is 5.43 Å². The highest BCUT2D eigenvalue weighted by Gasteiger charge is 2.23. The summed E-state index contributed by atoms with van der Waals surface area (Å²) in [5.41, 5.74) is 1.11. The fraction of sp³-hybridized carbons (Fsp3) is 0.320. The molecule has 2 heterocycles. The van der Waals surface area contributed by atoms with Gasteiger partial charge in [0.15, 0.2) is 0 Å². The molecule has 1 aromatic heterocycles. The number of carboxylic acids is 1. The van der Waals surface area contributed by atoms with Gasteiger partial charge < -0.3 is 24.5 Å². The topological polar surface area (TPSA) is 108 Å². The molecule has 0 bridgehead atoms. The van der Waals surface area contributed by atoms with E-state index >= 15 is 4.39 Å². The summed E-state index contributed by atoms with van der Waals surface area (Å²) in [4.78, 5) is 28.0. The summed E-state index contributed by atoms with van der Waals surface area (Å²) in [6, 6.07) is 10.0. The van der Waals surface area contributed by atoms with Crippen LogP contribution in [0.4, 0.5) is 10.1 Å². The van der Waals surface area contributed by atoms with E-state index in [1.807, 2.05) is 24.0 Å². The second-order valence-corrected chi connectivity index (χ2v) is 8.32. The van der Waals surface area contributed by atoms with Crippen molar-refractivity contribution in [1.82, 2.24) is 9.47 Å². The Kier molecular flexibility index (Phi) is 7.02. The number of halogens is 1. The number of pyridine rings is 1. The molecular weight excluding hydrogens is 455 g/mol. The van der Waals surface area contributed by atoms with Gasteiger partial charge in [-0.1, -0.05) is 5.16 Å². The molecule has 0 spiro atoms. The maximum absolute atomic E-state index is 15.1. The highest BCUT2D eigenvalue weighted by Crippen LogP contribution is 2.26. The average molecular weight is 483 g/mol. The molecule has 0 unspecified atom stereocenters. The third-order valence-corrected chi connectivity index (χ3v) is 6.35. The number of aromatic nitrogens is 1. The number of carboxylic acid groups (broad SMARTS) is 1. The van der Waals surface area contributed by atoms with Crippen LogP contribution in [0.15, 0.2) is 52.5 Å². The average Bonchev–Trinajstić information content (AvgIpc) is 2.88. The van der Waals surface area contributed by atoms with E-state index in [1.54, 1.807) is 29.9 Å². The smallest absolute Gasteiger partial charge is 0.341 e. The molecule has 1 aliphatic heterocycles. The van der Waals surface area contributed by atoms with Crippen LogP contribution in [-0.2, 0) is 6.54 Å². The Morgan fingerprint density at radius 1 is 1.14 bits per heavy atom. The van der Waals surface area contributed by atoms with Crippen LogP contribution in [0.1, 0.15) is 22.8 Å². The number of anilines is 1. The summed E-state index contributed by atoms with van der Waals surface area (Å²) in [6.07, 6.45) is 1.31. The molecule has 1 aliphatic rings. The SMILES string of the molecule is CCn1cc(C(=O)O)c(=O)c2cc(F)c(N3CCN(C/C(=N\O)c4ccc(OC)cc4)CC3)cc21. The van der Waals surface area contributed by atoms with Crippen molar-refractivity contribution in [3.05, 3.63) is 69.8 Å². The molecule has 184 valence electrons. The standard InChI is InChI=1S/C25H27FN4O5/c1-3-29-14-19(25(32)33)24(31)18-12-20(26)23(13-22(18)29)30-10-8-28(9-11-30)15-21(27-34)16-4-6-17(35-2)7-5-16/h4-7,12-14,34H,3,8-11,15H2,1-2H3,(H,32,33)/b27-21+. The fourth-order valence-electron chi connectivity index (χ4n) is 4.38. The number of methoxy groups -OCH3 is 1. The van der Waals surface area contributed by atoms with Crippen LogP contribution >= 0.6 is 0 Å². The van der Waals surface area contributed by atoms with Crippen LogP contribution in [-0.4, -0.2) is 71.3 Å². The van der Waals surface area contributed by atoms with Crippen molar-refractivity contribution in [3.8, 4) is 5.75 Å². The lowest BCUT2D eigenvalue weighted by Gasteiger charge is -2.36. The minimum atomic E-state index is -1.33.